The van der Waals surface area contributed by atoms with Crippen LogP contribution in [0.2, 0.25) is 0 Å². The van der Waals surface area contributed by atoms with E-state index in [0.717, 1.165) is 0 Å². The van der Waals surface area contributed by atoms with Crippen LogP contribution < -0.4 is 0 Å². The smallest absolute Gasteiger partial charge is 0.211 e. The van der Waals surface area contributed by atoms with Gasteiger partial charge in [0.15, 0.2) is 0 Å². The average molecular weight is 169 g/mol. The molecule has 0 fully saturated rings. The third-order valence-corrected chi connectivity index (χ3v) is 1.43. The molecule has 0 saturated heterocycles. The zero-order chi connectivity index (χ0) is 9.68. The summed E-state index contributed by atoms with van der Waals surface area (Å²) in [5.41, 5.74) is 0.479. The molecule has 0 amide bonds. The van der Waals surface area contributed by atoms with Gasteiger partial charge in [-0.3, -0.25) is 0 Å². The summed E-state index contributed by atoms with van der Waals surface area (Å²) < 4.78 is 0. The molecule has 0 radical (unpaired) electrons. The van der Waals surface area contributed by atoms with E-state index in [1.165, 1.54) is 18.2 Å². The van der Waals surface area contributed by atoms with Crippen molar-refractivity contribution in [2.75, 3.05) is 0 Å². The number of nitrogens with zero attached hydrogens (tertiary/aromatic N) is 3. The number of para-hydroxylation sites is 1. The average Bonchev–Trinajstić information content (AvgIpc) is 2.18. The highest BCUT2D eigenvalue weighted by Gasteiger charge is 2.05. The van der Waals surface area contributed by atoms with Crippen LogP contribution in [0.5, 0.6) is 0 Å². The van der Waals surface area contributed by atoms with Crippen LogP contribution in [-0.2, 0) is 4.79 Å². The maximum atomic E-state index is 10.0. The predicted octanol–water partition coefficient (Wildman–Crippen LogP) is 1.40. The second kappa shape index (κ2) is 3.82. The van der Waals surface area contributed by atoms with Gasteiger partial charge in [0.05, 0.1) is 11.1 Å². The van der Waals surface area contributed by atoms with Crippen molar-refractivity contribution in [1.82, 2.24) is 0 Å². The van der Waals surface area contributed by atoms with E-state index in [1.807, 2.05) is 12.1 Å². The monoisotopic (exact) mass is 169 g/mol. The van der Waals surface area contributed by atoms with Crippen molar-refractivity contribution in [3.05, 3.63) is 29.3 Å². The summed E-state index contributed by atoms with van der Waals surface area (Å²) >= 11 is 0. The number of nitriles is 2. The van der Waals surface area contributed by atoms with Gasteiger partial charge >= 0.3 is 0 Å². The van der Waals surface area contributed by atoms with Gasteiger partial charge in [-0.15, -0.1) is 0 Å². The molecule has 0 aliphatic carbocycles. The molecule has 0 aromatic heterocycles. The van der Waals surface area contributed by atoms with Crippen molar-refractivity contribution in [3.8, 4) is 12.1 Å². The number of carbonyl (C=O) groups excluding carboxylic acids is 1. The lowest BCUT2D eigenvalue weighted by Gasteiger charge is -1.95. The van der Waals surface area contributed by atoms with Crippen LogP contribution in [0.25, 0.3) is 0 Å². The normalized spacial score (nSPS) is 7.85. The number of aliphatic imine (C=N–C) groups is 1. The molecule has 1 aromatic rings. The Labute approximate surface area is 74.4 Å². The molecule has 0 bridgehead atoms. The number of isocyanates is 1. The first kappa shape index (κ1) is 8.67. The Morgan fingerprint density at radius 2 is 1.69 bits per heavy atom. The van der Waals surface area contributed by atoms with Crippen LogP contribution in [0.1, 0.15) is 11.1 Å². The first-order chi connectivity index (χ1) is 6.33. The van der Waals surface area contributed by atoms with Crippen LogP contribution in [0.3, 0.4) is 0 Å². The SMILES string of the molecule is N#Cc1cccc(C#N)c1N=C=O. The van der Waals surface area contributed by atoms with Crippen LogP contribution in [0.4, 0.5) is 5.69 Å². The molecule has 0 aliphatic heterocycles. The number of rotatable bonds is 1. The fourth-order valence-corrected chi connectivity index (χ4v) is 0.890. The zero-order valence-electron chi connectivity index (χ0n) is 6.48. The van der Waals surface area contributed by atoms with Crippen LogP contribution in [0, 0.1) is 22.7 Å². The summed E-state index contributed by atoms with van der Waals surface area (Å²) in [4.78, 5) is 13.3. The van der Waals surface area contributed by atoms with Gasteiger partial charge in [0.2, 0.25) is 6.08 Å². The van der Waals surface area contributed by atoms with Gasteiger partial charge in [0.25, 0.3) is 0 Å². The molecule has 0 heterocycles. The molecule has 13 heavy (non-hydrogen) atoms. The lowest BCUT2D eigenvalue weighted by atomic mass is 10.1. The molecule has 0 unspecified atom stereocenters. The van der Waals surface area contributed by atoms with Crippen LogP contribution >= 0.6 is 0 Å². The van der Waals surface area contributed by atoms with Crippen molar-refractivity contribution in [2.24, 2.45) is 4.99 Å². The number of hydrogen-bond acceptors (Lipinski definition) is 4. The highest BCUT2D eigenvalue weighted by molar-refractivity contribution is 5.66. The Morgan fingerprint density at radius 1 is 1.15 bits per heavy atom. The zero-order valence-corrected chi connectivity index (χ0v) is 6.48. The second-order valence-corrected chi connectivity index (χ2v) is 2.13. The molecule has 4 nitrogen and oxygen atoms in total. The second-order valence-electron chi connectivity index (χ2n) is 2.13. The molecule has 0 atom stereocenters. The Balaban J connectivity index is 3.51. The molecule has 4 heteroatoms. The third kappa shape index (κ3) is 1.59. The van der Waals surface area contributed by atoms with Crippen LogP contribution in [-0.4, -0.2) is 6.08 Å². The van der Waals surface area contributed by atoms with Gasteiger partial charge in [-0.25, -0.2) is 4.79 Å². The van der Waals surface area contributed by atoms with E-state index < -0.39 is 0 Å². The molecule has 0 saturated carbocycles. The Morgan fingerprint density at radius 3 is 2.08 bits per heavy atom. The molecule has 0 spiro atoms. The molecule has 0 aliphatic rings. The minimum atomic E-state index is 0.0856. The topological polar surface area (TPSA) is 77.0 Å². The lowest BCUT2D eigenvalue weighted by molar-refractivity contribution is 0.565. The van der Waals surface area contributed by atoms with Crippen molar-refractivity contribution in [2.45, 2.75) is 0 Å². The van der Waals surface area contributed by atoms with Crippen molar-refractivity contribution in [1.29, 1.82) is 10.5 Å². The highest BCUT2D eigenvalue weighted by Crippen LogP contribution is 2.22. The van der Waals surface area contributed by atoms with Gasteiger partial charge in [0.1, 0.15) is 17.8 Å². The van der Waals surface area contributed by atoms with E-state index in [2.05, 4.69) is 4.99 Å². The Hall–Kier alpha value is -2.42. The van der Waals surface area contributed by atoms with Crippen molar-refractivity contribution in [3.63, 3.8) is 0 Å². The minimum Gasteiger partial charge on any atom is -0.211 e. The van der Waals surface area contributed by atoms with E-state index in [4.69, 9.17) is 10.5 Å². The fourth-order valence-electron chi connectivity index (χ4n) is 0.890. The third-order valence-electron chi connectivity index (χ3n) is 1.43. The predicted molar refractivity (Wildman–Crippen MR) is 43.7 cm³/mol. The summed E-state index contributed by atoms with van der Waals surface area (Å²) in [5.74, 6) is 0. The van der Waals surface area contributed by atoms with Gasteiger partial charge < -0.3 is 0 Å². The maximum absolute atomic E-state index is 10.0. The molecule has 1 rings (SSSR count). The number of benzene rings is 1. The fraction of sp³-hybridized carbons (Fsp3) is 0. The summed E-state index contributed by atoms with van der Waals surface area (Å²) in [5, 5.41) is 17.2. The van der Waals surface area contributed by atoms with E-state index in [9.17, 15) is 4.79 Å². The Bertz CT molecular complexity index is 426. The molecular weight excluding hydrogens is 166 g/mol. The molecule has 60 valence electrons. The van der Waals surface area contributed by atoms with Crippen molar-refractivity contribution >= 4 is 11.8 Å². The van der Waals surface area contributed by atoms with Gasteiger partial charge in [-0.1, -0.05) is 6.07 Å². The quantitative estimate of drug-likeness (QED) is 0.470. The lowest BCUT2D eigenvalue weighted by Crippen LogP contribution is -1.81. The minimum absolute atomic E-state index is 0.0856. The number of hydrogen-bond donors (Lipinski definition) is 0. The van der Waals surface area contributed by atoms with Gasteiger partial charge in [0, 0.05) is 0 Å². The van der Waals surface area contributed by atoms with Crippen molar-refractivity contribution < 1.29 is 4.79 Å². The maximum Gasteiger partial charge on any atom is 0.240 e. The van der Waals surface area contributed by atoms with E-state index in [1.54, 1.807) is 6.07 Å². The van der Waals surface area contributed by atoms with E-state index in [0.29, 0.717) is 0 Å². The van der Waals surface area contributed by atoms with Gasteiger partial charge in [-0.05, 0) is 12.1 Å². The summed E-state index contributed by atoms with van der Waals surface area (Å²) in [6.07, 6.45) is 1.31. The molecule has 0 N–H and O–H groups in total. The molecular formula is C9H3N3O. The van der Waals surface area contributed by atoms with E-state index in [-0.39, 0.29) is 16.8 Å². The van der Waals surface area contributed by atoms with Gasteiger partial charge in [-0.2, -0.15) is 15.5 Å². The Kier molecular flexibility index (Phi) is 2.55. The summed E-state index contributed by atoms with van der Waals surface area (Å²) in [6.45, 7) is 0. The van der Waals surface area contributed by atoms with Crippen LogP contribution in [0.15, 0.2) is 23.2 Å². The highest BCUT2D eigenvalue weighted by atomic mass is 16.1. The summed E-state index contributed by atoms with van der Waals surface area (Å²) in [7, 11) is 0. The van der Waals surface area contributed by atoms with E-state index >= 15 is 0 Å². The largest absolute Gasteiger partial charge is 0.240 e. The first-order valence-electron chi connectivity index (χ1n) is 3.34. The first-order valence-corrected chi connectivity index (χ1v) is 3.34. The molecule has 1 aromatic carbocycles. The standard InChI is InChI=1S/C9H3N3O/c10-4-7-2-1-3-8(5-11)9(7)12-6-13/h1-3H. The summed E-state index contributed by atoms with van der Waals surface area (Å²) in [6, 6.07) is 8.19.